The molecule has 0 aliphatic carbocycles. The summed E-state index contributed by atoms with van der Waals surface area (Å²) in [5.74, 6) is 0. The van der Waals surface area contributed by atoms with E-state index < -0.39 is 10.2 Å². The molecule has 0 saturated carbocycles. The predicted octanol–water partition coefficient (Wildman–Crippen LogP) is 1.37. The van der Waals surface area contributed by atoms with Crippen molar-refractivity contribution in [1.82, 2.24) is 0 Å². The van der Waals surface area contributed by atoms with Gasteiger partial charge in [0.2, 0.25) is 0 Å². The Hall–Kier alpha value is 0.984. The third-order valence-electron chi connectivity index (χ3n) is 0. The maximum Gasteiger partial charge on any atom is 3.00 e. The molecule has 0 aromatic heterocycles. The SMILES string of the molecule is [CH2-]C.[CH2-]S(=O)(=O)F.[CH3-].[Y+3]. The molecule has 0 heterocycles. The van der Waals surface area contributed by atoms with Gasteiger partial charge < -0.3 is 14.4 Å². The van der Waals surface area contributed by atoms with Crippen LogP contribution in [0.3, 0.4) is 0 Å². The van der Waals surface area contributed by atoms with Crippen molar-refractivity contribution in [2.45, 2.75) is 6.92 Å². The Balaban J connectivity index is -0.0000000286. The van der Waals surface area contributed by atoms with Crippen molar-refractivity contribution in [2.24, 2.45) is 0 Å². The van der Waals surface area contributed by atoms with Gasteiger partial charge in [0, 0.05) is 0 Å². The van der Waals surface area contributed by atoms with Crippen LogP contribution in [-0.4, -0.2) is 8.42 Å². The molecule has 0 amide bonds. The van der Waals surface area contributed by atoms with Gasteiger partial charge in [0.25, 0.3) is 0 Å². The molecular formula is C4H10FO2SY. The molecule has 0 atom stereocenters. The third-order valence-corrected chi connectivity index (χ3v) is 0. The average molecular weight is 230 g/mol. The monoisotopic (exact) mass is 230 g/mol. The standard InChI is InChI=1S/C2H5.CH2FO2S.CH3.Y/c1-2;1-5(2,3)4;;/h1H2,2H3;1H2;1H3;/q3*-1;+3. The molecule has 0 unspecified atom stereocenters. The molecule has 0 aromatic carbocycles. The van der Waals surface area contributed by atoms with Crippen molar-refractivity contribution in [1.29, 1.82) is 0 Å². The molecule has 2 nitrogen and oxygen atoms in total. The van der Waals surface area contributed by atoms with Crippen molar-refractivity contribution >= 4 is 10.2 Å². The Morgan fingerprint density at radius 1 is 1.33 bits per heavy atom. The Morgan fingerprint density at radius 2 is 1.33 bits per heavy atom. The number of halogens is 1. The maximum absolute atomic E-state index is 10.5. The molecule has 0 radical (unpaired) electrons. The van der Waals surface area contributed by atoms with E-state index in [9.17, 15) is 3.89 Å². The largest absolute Gasteiger partial charge is 3.00 e. The van der Waals surface area contributed by atoms with E-state index in [-0.39, 0.29) is 40.1 Å². The fourth-order valence-corrected chi connectivity index (χ4v) is 0. The zero-order chi connectivity index (χ0) is 6.50. The van der Waals surface area contributed by atoms with E-state index in [1.54, 1.807) is 6.92 Å². The van der Waals surface area contributed by atoms with E-state index in [2.05, 4.69) is 13.2 Å². The Morgan fingerprint density at radius 3 is 1.33 bits per heavy atom. The molecule has 0 aromatic rings. The minimum atomic E-state index is -4.42. The first-order valence-corrected chi connectivity index (χ1v) is 3.04. The van der Waals surface area contributed by atoms with Gasteiger partial charge >= 0.3 is 32.7 Å². The molecule has 54 valence electrons. The summed E-state index contributed by atoms with van der Waals surface area (Å²) < 4.78 is 28.3. The molecule has 0 aliphatic heterocycles. The topological polar surface area (TPSA) is 34.1 Å². The first kappa shape index (κ1) is 22.5. The molecule has 0 rings (SSSR count). The van der Waals surface area contributed by atoms with Crippen LogP contribution in [0.15, 0.2) is 0 Å². The van der Waals surface area contributed by atoms with Crippen LogP contribution >= 0.6 is 0 Å². The molecule has 0 bridgehead atoms. The second kappa shape index (κ2) is 11.7. The van der Waals surface area contributed by atoms with E-state index in [1.165, 1.54) is 0 Å². The number of rotatable bonds is 0. The number of hydrogen-bond donors (Lipinski definition) is 0. The Kier molecular flexibility index (Phi) is 29.4. The molecule has 0 N–H and O–H groups in total. The first-order valence-electron chi connectivity index (χ1n) is 1.48. The maximum atomic E-state index is 10.5. The van der Waals surface area contributed by atoms with Crippen molar-refractivity contribution in [3.63, 3.8) is 0 Å². The summed E-state index contributed by atoms with van der Waals surface area (Å²) >= 11 is 0. The van der Waals surface area contributed by atoms with Gasteiger partial charge in [-0.25, -0.2) is 8.42 Å². The van der Waals surface area contributed by atoms with Gasteiger partial charge in [0.1, 0.15) is 0 Å². The van der Waals surface area contributed by atoms with Gasteiger partial charge in [0.05, 0.1) is 0 Å². The zero-order valence-corrected chi connectivity index (χ0v) is 9.25. The van der Waals surface area contributed by atoms with Gasteiger partial charge in [-0.05, 0) is 0 Å². The van der Waals surface area contributed by atoms with Gasteiger partial charge in [-0.3, -0.25) is 0 Å². The second-order valence-corrected chi connectivity index (χ2v) is 1.62. The normalized spacial score (nSPS) is 7.11. The van der Waals surface area contributed by atoms with Crippen LogP contribution in [0.2, 0.25) is 0 Å². The first-order chi connectivity index (χ1) is 3.00. The van der Waals surface area contributed by atoms with Crippen LogP contribution in [0.1, 0.15) is 6.92 Å². The van der Waals surface area contributed by atoms with E-state index in [0.29, 0.717) is 0 Å². The van der Waals surface area contributed by atoms with Crippen LogP contribution in [0, 0.1) is 20.6 Å². The molecule has 0 spiro atoms. The zero-order valence-electron chi connectivity index (χ0n) is 5.59. The summed E-state index contributed by atoms with van der Waals surface area (Å²) in [7, 11) is -4.42. The van der Waals surface area contributed by atoms with Crippen LogP contribution in [0.5, 0.6) is 0 Å². The van der Waals surface area contributed by atoms with Crippen molar-refractivity contribution in [3.05, 3.63) is 20.6 Å². The molecule has 9 heavy (non-hydrogen) atoms. The molecule has 0 aliphatic rings. The smallest absolute Gasteiger partial charge is 0.358 e. The second-order valence-electron chi connectivity index (χ2n) is 0.539. The minimum Gasteiger partial charge on any atom is -0.358 e. The molecule has 0 saturated heterocycles. The fourth-order valence-electron chi connectivity index (χ4n) is 0. The Bertz CT molecular complexity index is 102. The average Bonchev–Trinajstić information content (AvgIpc) is 1.36. The molecule has 0 fully saturated rings. The minimum absolute atomic E-state index is 0. The van der Waals surface area contributed by atoms with E-state index in [0.717, 1.165) is 0 Å². The van der Waals surface area contributed by atoms with Gasteiger partial charge in [-0.2, -0.15) is 13.2 Å². The van der Waals surface area contributed by atoms with E-state index in [1.807, 2.05) is 0 Å². The Labute approximate surface area is 82.3 Å². The van der Waals surface area contributed by atoms with Crippen molar-refractivity contribution in [2.75, 3.05) is 0 Å². The quantitative estimate of drug-likeness (QED) is 0.465. The van der Waals surface area contributed by atoms with Crippen LogP contribution in [0.4, 0.5) is 3.89 Å². The van der Waals surface area contributed by atoms with Crippen molar-refractivity contribution in [3.8, 4) is 0 Å². The van der Waals surface area contributed by atoms with E-state index >= 15 is 0 Å². The molecule has 5 heteroatoms. The van der Waals surface area contributed by atoms with Crippen LogP contribution < -0.4 is 0 Å². The summed E-state index contributed by atoms with van der Waals surface area (Å²) in [5.41, 5.74) is 0. The van der Waals surface area contributed by atoms with Crippen molar-refractivity contribution < 1.29 is 45.0 Å². The summed E-state index contributed by atoms with van der Waals surface area (Å²) in [6.07, 6.45) is 2.08. The van der Waals surface area contributed by atoms with Crippen LogP contribution in [-0.2, 0) is 42.9 Å². The van der Waals surface area contributed by atoms with E-state index in [4.69, 9.17) is 8.42 Å². The summed E-state index contributed by atoms with van der Waals surface area (Å²) in [6.45, 7) is 5.00. The van der Waals surface area contributed by atoms with Gasteiger partial charge in [-0.15, -0.1) is 3.89 Å². The van der Waals surface area contributed by atoms with Gasteiger partial charge in [0.15, 0.2) is 10.2 Å². The summed E-state index contributed by atoms with van der Waals surface area (Å²) in [5, 5.41) is 0. The number of hydrogen-bond acceptors (Lipinski definition) is 2. The fraction of sp³-hybridized carbons (Fsp3) is 0.250. The summed E-state index contributed by atoms with van der Waals surface area (Å²) in [4.78, 5) is 0. The van der Waals surface area contributed by atoms with Gasteiger partial charge in [-0.1, -0.05) is 0 Å². The predicted molar refractivity (Wildman–Crippen MR) is 32.8 cm³/mol. The summed E-state index contributed by atoms with van der Waals surface area (Å²) in [6, 6.07) is 0. The third kappa shape index (κ3) is 453. The van der Waals surface area contributed by atoms with Crippen LogP contribution in [0.25, 0.3) is 0 Å². The molecular weight excluding hydrogens is 220 g/mol.